The van der Waals surface area contributed by atoms with E-state index in [1.54, 1.807) is 6.08 Å². The molecule has 0 spiro atoms. The van der Waals surface area contributed by atoms with Crippen molar-refractivity contribution in [3.05, 3.63) is 12.2 Å². The van der Waals surface area contributed by atoms with Crippen LogP contribution in [0.1, 0.15) is 271 Å². The van der Waals surface area contributed by atoms with Gasteiger partial charge in [0.1, 0.15) is 0 Å². The number of hydrogen-bond donors (Lipinski definition) is 4. The van der Waals surface area contributed by atoms with Gasteiger partial charge in [0.2, 0.25) is 5.91 Å². The van der Waals surface area contributed by atoms with Crippen molar-refractivity contribution in [3.8, 4) is 0 Å². The molecule has 0 aromatic heterocycles. The highest BCUT2D eigenvalue weighted by atomic mass is 16.3. The third-order valence-corrected chi connectivity index (χ3v) is 11.6. The molecule has 0 bridgehead atoms. The molecule has 0 aliphatic heterocycles. The van der Waals surface area contributed by atoms with Crippen LogP contribution in [0.4, 0.5) is 0 Å². The van der Waals surface area contributed by atoms with Crippen molar-refractivity contribution < 1.29 is 20.1 Å². The van der Waals surface area contributed by atoms with Gasteiger partial charge in [0.05, 0.1) is 31.3 Å². The maximum Gasteiger partial charge on any atom is 0.222 e. The number of rotatable bonds is 45. The SMILES string of the molecule is CCCCCCCCCCCCCCCCCCCCCCC/C=C/C(O)C(CO)NC(=O)CC(O)CCCCCCCCCCCCCCCCCC. The Morgan fingerprint density at radius 1 is 0.463 bits per heavy atom. The summed E-state index contributed by atoms with van der Waals surface area (Å²) < 4.78 is 0. The molecular weight excluding hydrogens is 667 g/mol. The Hall–Kier alpha value is -0.910. The van der Waals surface area contributed by atoms with Gasteiger partial charge in [-0.2, -0.15) is 0 Å². The summed E-state index contributed by atoms with van der Waals surface area (Å²) in [6.07, 6.45) is 53.7. The van der Waals surface area contributed by atoms with Crippen LogP contribution in [0.3, 0.4) is 0 Å². The van der Waals surface area contributed by atoms with Gasteiger partial charge in [-0.1, -0.05) is 257 Å². The average molecular weight is 764 g/mol. The summed E-state index contributed by atoms with van der Waals surface area (Å²) in [7, 11) is 0. The third kappa shape index (κ3) is 40.7. The fourth-order valence-corrected chi connectivity index (χ4v) is 7.81. The van der Waals surface area contributed by atoms with Crippen molar-refractivity contribution in [3.63, 3.8) is 0 Å². The smallest absolute Gasteiger partial charge is 0.222 e. The van der Waals surface area contributed by atoms with Crippen molar-refractivity contribution in [2.45, 2.75) is 289 Å². The molecular formula is C49H97NO4. The number of hydrogen-bond acceptors (Lipinski definition) is 4. The molecule has 0 aromatic carbocycles. The van der Waals surface area contributed by atoms with Crippen molar-refractivity contribution in [1.29, 1.82) is 0 Å². The van der Waals surface area contributed by atoms with E-state index in [4.69, 9.17) is 0 Å². The normalized spacial score (nSPS) is 13.5. The minimum Gasteiger partial charge on any atom is -0.394 e. The number of carbonyl (C=O) groups is 1. The lowest BCUT2D eigenvalue weighted by Crippen LogP contribution is -2.45. The van der Waals surface area contributed by atoms with Gasteiger partial charge in [0, 0.05) is 0 Å². The lowest BCUT2D eigenvalue weighted by Gasteiger charge is -2.21. The highest BCUT2D eigenvalue weighted by Crippen LogP contribution is 2.17. The van der Waals surface area contributed by atoms with Gasteiger partial charge >= 0.3 is 0 Å². The Bertz CT molecular complexity index is 758. The fraction of sp³-hybridized carbons (Fsp3) is 0.939. The Balaban J connectivity index is 3.59. The monoisotopic (exact) mass is 764 g/mol. The van der Waals surface area contributed by atoms with Gasteiger partial charge in [0.25, 0.3) is 0 Å². The van der Waals surface area contributed by atoms with E-state index in [1.807, 2.05) is 6.08 Å². The van der Waals surface area contributed by atoms with Gasteiger partial charge in [-0.15, -0.1) is 0 Å². The lowest BCUT2D eigenvalue weighted by atomic mass is 10.0. The molecule has 0 aromatic rings. The molecule has 1 amide bonds. The summed E-state index contributed by atoms with van der Waals surface area (Å²) in [6, 6.07) is -0.740. The number of carbonyl (C=O) groups excluding carboxylic acids is 1. The summed E-state index contributed by atoms with van der Waals surface area (Å²) in [5.74, 6) is -0.310. The average Bonchev–Trinajstić information content (AvgIpc) is 3.16. The molecule has 54 heavy (non-hydrogen) atoms. The van der Waals surface area contributed by atoms with Gasteiger partial charge in [-0.25, -0.2) is 0 Å². The number of unbranched alkanes of at least 4 members (excludes halogenated alkanes) is 36. The maximum atomic E-state index is 12.5. The van der Waals surface area contributed by atoms with Gasteiger partial charge < -0.3 is 20.6 Å². The van der Waals surface area contributed by atoms with Crippen LogP contribution in [0.5, 0.6) is 0 Å². The first-order valence-corrected chi connectivity index (χ1v) is 24.5. The highest BCUT2D eigenvalue weighted by Gasteiger charge is 2.20. The number of amides is 1. The minimum atomic E-state index is -0.925. The molecule has 5 heteroatoms. The van der Waals surface area contributed by atoms with Gasteiger partial charge in [-0.3, -0.25) is 4.79 Å². The second-order valence-electron chi connectivity index (χ2n) is 17.1. The molecule has 0 radical (unpaired) electrons. The zero-order valence-electron chi connectivity index (χ0n) is 36.6. The summed E-state index contributed by atoms with van der Waals surface area (Å²) in [4.78, 5) is 12.5. The molecule has 0 aliphatic rings. The molecule has 0 saturated carbocycles. The van der Waals surface area contributed by atoms with Crippen LogP contribution in [0.2, 0.25) is 0 Å². The number of nitrogens with one attached hydrogen (secondary N) is 1. The van der Waals surface area contributed by atoms with E-state index in [1.165, 1.54) is 218 Å². The second kappa shape index (κ2) is 44.8. The van der Waals surface area contributed by atoms with E-state index in [0.29, 0.717) is 6.42 Å². The fourth-order valence-electron chi connectivity index (χ4n) is 7.81. The zero-order valence-corrected chi connectivity index (χ0v) is 36.6. The molecule has 4 N–H and O–H groups in total. The first-order valence-electron chi connectivity index (χ1n) is 24.5. The van der Waals surface area contributed by atoms with E-state index >= 15 is 0 Å². The van der Waals surface area contributed by atoms with Crippen LogP contribution in [-0.4, -0.2) is 46.1 Å². The largest absolute Gasteiger partial charge is 0.394 e. The van der Waals surface area contributed by atoms with E-state index in [9.17, 15) is 20.1 Å². The van der Waals surface area contributed by atoms with Gasteiger partial charge in [0.15, 0.2) is 0 Å². The predicted octanol–water partition coefficient (Wildman–Crippen LogP) is 14.4. The second-order valence-corrected chi connectivity index (χ2v) is 17.1. The van der Waals surface area contributed by atoms with E-state index in [2.05, 4.69) is 19.2 Å². The summed E-state index contributed by atoms with van der Waals surface area (Å²) in [5, 5.41) is 33.3. The summed E-state index contributed by atoms with van der Waals surface area (Å²) in [5.41, 5.74) is 0. The Labute approximate surface area is 338 Å². The molecule has 0 fully saturated rings. The minimum absolute atomic E-state index is 0.0190. The van der Waals surface area contributed by atoms with Crippen molar-refractivity contribution in [2.75, 3.05) is 6.61 Å². The maximum absolute atomic E-state index is 12.5. The van der Waals surface area contributed by atoms with Crippen LogP contribution < -0.4 is 5.32 Å². The Morgan fingerprint density at radius 3 is 1.07 bits per heavy atom. The van der Waals surface area contributed by atoms with Crippen LogP contribution >= 0.6 is 0 Å². The predicted molar refractivity (Wildman–Crippen MR) is 236 cm³/mol. The molecule has 5 nitrogen and oxygen atoms in total. The lowest BCUT2D eigenvalue weighted by molar-refractivity contribution is -0.124. The van der Waals surface area contributed by atoms with E-state index in [-0.39, 0.29) is 18.9 Å². The molecule has 0 saturated heterocycles. The molecule has 0 aliphatic carbocycles. The molecule has 3 atom stereocenters. The first kappa shape index (κ1) is 53.1. The molecule has 322 valence electrons. The Kier molecular flexibility index (Phi) is 44.0. The molecule has 0 heterocycles. The molecule has 0 rings (SSSR count). The van der Waals surface area contributed by atoms with Crippen LogP contribution in [0, 0.1) is 0 Å². The summed E-state index contributed by atoms with van der Waals surface area (Å²) >= 11 is 0. The van der Waals surface area contributed by atoms with Crippen molar-refractivity contribution >= 4 is 5.91 Å². The molecule has 3 unspecified atom stereocenters. The van der Waals surface area contributed by atoms with Crippen LogP contribution in [0.15, 0.2) is 12.2 Å². The standard InChI is InChI=1S/C49H97NO4/c1-3-5-7-9-11-13-15-17-19-21-22-23-24-25-26-27-29-31-33-35-37-39-41-43-48(53)47(45-51)50-49(54)44-46(52)42-40-38-36-34-32-30-28-20-18-16-14-12-10-8-6-4-2/h41,43,46-48,51-53H,3-40,42,44-45H2,1-2H3,(H,50,54)/b43-41+. The number of aliphatic hydroxyl groups excluding tert-OH is 3. The van der Waals surface area contributed by atoms with Crippen molar-refractivity contribution in [1.82, 2.24) is 5.32 Å². The number of aliphatic hydroxyl groups is 3. The quantitative estimate of drug-likeness (QED) is 0.0367. The van der Waals surface area contributed by atoms with Crippen LogP contribution in [-0.2, 0) is 4.79 Å². The zero-order chi connectivity index (χ0) is 39.4. The summed E-state index contributed by atoms with van der Waals surface area (Å²) in [6.45, 7) is 4.24. The Morgan fingerprint density at radius 2 is 0.759 bits per heavy atom. The van der Waals surface area contributed by atoms with Gasteiger partial charge in [-0.05, 0) is 19.3 Å². The number of allylic oxidation sites excluding steroid dienone is 1. The third-order valence-electron chi connectivity index (χ3n) is 11.6. The van der Waals surface area contributed by atoms with E-state index in [0.717, 1.165) is 25.7 Å². The first-order chi connectivity index (χ1) is 26.5. The topological polar surface area (TPSA) is 89.8 Å². The van der Waals surface area contributed by atoms with E-state index < -0.39 is 18.2 Å². The van der Waals surface area contributed by atoms with Crippen molar-refractivity contribution in [2.24, 2.45) is 0 Å². The van der Waals surface area contributed by atoms with Crippen LogP contribution in [0.25, 0.3) is 0 Å². The highest BCUT2D eigenvalue weighted by molar-refractivity contribution is 5.76.